The molecule has 0 aromatic heterocycles. The number of nitrogens with one attached hydrogen (secondary N) is 1. The Kier molecular flexibility index (Phi) is 3.93. The van der Waals surface area contributed by atoms with Crippen LogP contribution in [0.25, 0.3) is 0 Å². The van der Waals surface area contributed by atoms with E-state index in [1.807, 2.05) is 0 Å². The number of nitrogen functional groups attached to an aromatic ring is 1. The fourth-order valence-corrected chi connectivity index (χ4v) is 2.13. The molecule has 1 fully saturated rings. The zero-order chi connectivity index (χ0) is 13.1. The van der Waals surface area contributed by atoms with Gasteiger partial charge in [0, 0.05) is 24.7 Å². The molecule has 0 radical (unpaired) electrons. The third kappa shape index (κ3) is 3.05. The lowest BCUT2D eigenvalue weighted by molar-refractivity contribution is -0.00440. The van der Waals surface area contributed by atoms with Crippen LogP contribution in [-0.2, 0) is 11.3 Å². The second-order valence-corrected chi connectivity index (χ2v) is 4.66. The molecule has 1 saturated heterocycles. The number of nitrogens with two attached hydrogens (primary N) is 1. The first-order chi connectivity index (χ1) is 8.56. The van der Waals surface area contributed by atoms with Crippen LogP contribution in [-0.4, -0.2) is 36.5 Å². The van der Waals surface area contributed by atoms with Crippen LogP contribution in [0, 0.1) is 11.2 Å². The van der Waals surface area contributed by atoms with E-state index in [0.29, 0.717) is 31.4 Å². The topological polar surface area (TPSA) is 62.3 Å². The Balaban J connectivity index is 2.15. The van der Waals surface area contributed by atoms with Gasteiger partial charge in [0.15, 0.2) is 0 Å². The van der Waals surface area contributed by atoms with E-state index < -0.39 is 0 Å². The number of rotatable bonds is 3. The molecule has 0 saturated carbocycles. The van der Waals surface area contributed by atoms with Crippen LogP contribution < -0.4 is 5.73 Å². The second kappa shape index (κ2) is 5.46. The van der Waals surface area contributed by atoms with E-state index in [9.17, 15) is 4.39 Å². The molecule has 1 atom stereocenters. The quantitative estimate of drug-likeness (QED) is 0.629. The van der Waals surface area contributed by atoms with Gasteiger partial charge in [0.25, 0.3) is 0 Å². The molecule has 5 heteroatoms. The first-order valence-corrected chi connectivity index (χ1v) is 6.02. The van der Waals surface area contributed by atoms with Gasteiger partial charge in [-0.1, -0.05) is 0 Å². The summed E-state index contributed by atoms with van der Waals surface area (Å²) in [5.41, 5.74) is 6.67. The molecule has 1 aliphatic rings. The van der Waals surface area contributed by atoms with Crippen LogP contribution in [0.2, 0.25) is 0 Å². The molecule has 2 rings (SSSR count). The summed E-state index contributed by atoms with van der Waals surface area (Å²) in [6.45, 7) is 4.99. The standard InChI is InChI=1S/C13H18FN3O/c1-9-8-18-3-2-17(9)7-10-4-11(13(15)16)6-12(14)5-10/h4-6,9H,2-3,7-8H2,1H3,(H3,15,16). The Morgan fingerprint density at radius 1 is 1.56 bits per heavy atom. The van der Waals surface area contributed by atoms with Crippen molar-refractivity contribution in [1.29, 1.82) is 5.41 Å². The molecule has 1 aromatic rings. The van der Waals surface area contributed by atoms with E-state index in [4.69, 9.17) is 15.9 Å². The number of morpholine rings is 1. The number of hydrogen-bond acceptors (Lipinski definition) is 3. The van der Waals surface area contributed by atoms with Gasteiger partial charge in [-0.05, 0) is 30.7 Å². The predicted octanol–water partition coefficient (Wildman–Crippen LogP) is 1.33. The summed E-state index contributed by atoms with van der Waals surface area (Å²) in [6.07, 6.45) is 0. The summed E-state index contributed by atoms with van der Waals surface area (Å²) < 4.78 is 18.8. The minimum atomic E-state index is -0.349. The van der Waals surface area contributed by atoms with Crippen LogP contribution >= 0.6 is 0 Å². The lowest BCUT2D eigenvalue weighted by atomic mass is 10.1. The molecular formula is C13H18FN3O. The van der Waals surface area contributed by atoms with Crippen molar-refractivity contribution in [2.75, 3.05) is 19.8 Å². The average molecular weight is 251 g/mol. The molecular weight excluding hydrogens is 233 g/mol. The van der Waals surface area contributed by atoms with Gasteiger partial charge in [-0.25, -0.2) is 4.39 Å². The predicted molar refractivity (Wildman–Crippen MR) is 68.1 cm³/mol. The number of amidine groups is 1. The highest BCUT2D eigenvalue weighted by Gasteiger charge is 2.19. The zero-order valence-electron chi connectivity index (χ0n) is 10.4. The number of halogens is 1. The first-order valence-electron chi connectivity index (χ1n) is 6.02. The summed E-state index contributed by atoms with van der Waals surface area (Å²) >= 11 is 0. The maximum absolute atomic E-state index is 13.4. The van der Waals surface area contributed by atoms with Crippen LogP contribution in [0.15, 0.2) is 18.2 Å². The lowest BCUT2D eigenvalue weighted by Crippen LogP contribution is -2.42. The third-order valence-corrected chi connectivity index (χ3v) is 3.16. The van der Waals surface area contributed by atoms with Gasteiger partial charge in [0.1, 0.15) is 11.7 Å². The highest BCUT2D eigenvalue weighted by Crippen LogP contribution is 2.15. The molecule has 18 heavy (non-hydrogen) atoms. The van der Waals surface area contributed by atoms with Gasteiger partial charge in [-0.2, -0.15) is 0 Å². The normalized spacial score (nSPS) is 20.9. The highest BCUT2D eigenvalue weighted by molar-refractivity contribution is 5.95. The lowest BCUT2D eigenvalue weighted by Gasteiger charge is -2.33. The molecule has 1 heterocycles. The first kappa shape index (κ1) is 13.0. The summed E-state index contributed by atoms with van der Waals surface area (Å²) in [5, 5.41) is 7.37. The van der Waals surface area contributed by atoms with Gasteiger partial charge in [-0.15, -0.1) is 0 Å². The minimum absolute atomic E-state index is 0.106. The Morgan fingerprint density at radius 3 is 3.00 bits per heavy atom. The van der Waals surface area contributed by atoms with E-state index in [1.54, 1.807) is 6.07 Å². The molecule has 0 bridgehead atoms. The monoisotopic (exact) mass is 251 g/mol. The number of ether oxygens (including phenoxy) is 1. The molecule has 0 aliphatic carbocycles. The largest absolute Gasteiger partial charge is 0.384 e. The van der Waals surface area contributed by atoms with Crippen LogP contribution in [0.1, 0.15) is 18.1 Å². The number of nitrogens with zero attached hydrogens (tertiary/aromatic N) is 1. The summed E-state index contributed by atoms with van der Waals surface area (Å²) in [4.78, 5) is 2.24. The minimum Gasteiger partial charge on any atom is -0.384 e. The van der Waals surface area contributed by atoms with Crippen molar-refractivity contribution in [3.63, 3.8) is 0 Å². The van der Waals surface area contributed by atoms with Crippen molar-refractivity contribution in [2.24, 2.45) is 5.73 Å². The van der Waals surface area contributed by atoms with Crippen LogP contribution in [0.4, 0.5) is 4.39 Å². The molecule has 1 aliphatic heterocycles. The average Bonchev–Trinajstić information content (AvgIpc) is 2.31. The van der Waals surface area contributed by atoms with E-state index in [-0.39, 0.29) is 11.7 Å². The van der Waals surface area contributed by atoms with Crippen molar-refractivity contribution in [1.82, 2.24) is 4.90 Å². The molecule has 0 amide bonds. The maximum Gasteiger partial charge on any atom is 0.124 e. The van der Waals surface area contributed by atoms with E-state index in [1.165, 1.54) is 12.1 Å². The zero-order valence-corrected chi connectivity index (χ0v) is 10.4. The summed E-state index contributed by atoms with van der Waals surface area (Å²) in [6, 6.07) is 4.87. The molecule has 0 spiro atoms. The van der Waals surface area contributed by atoms with Crippen molar-refractivity contribution >= 4 is 5.84 Å². The Labute approximate surface area is 106 Å². The van der Waals surface area contributed by atoms with Gasteiger partial charge in [-0.3, -0.25) is 10.3 Å². The molecule has 1 aromatic carbocycles. The van der Waals surface area contributed by atoms with Gasteiger partial charge < -0.3 is 10.5 Å². The molecule has 1 unspecified atom stereocenters. The van der Waals surface area contributed by atoms with Crippen molar-refractivity contribution in [2.45, 2.75) is 19.5 Å². The summed E-state index contributed by atoms with van der Waals surface area (Å²) in [7, 11) is 0. The van der Waals surface area contributed by atoms with Gasteiger partial charge in [0.05, 0.1) is 13.2 Å². The van der Waals surface area contributed by atoms with Crippen molar-refractivity contribution < 1.29 is 9.13 Å². The van der Waals surface area contributed by atoms with Crippen LogP contribution in [0.5, 0.6) is 0 Å². The van der Waals surface area contributed by atoms with E-state index >= 15 is 0 Å². The smallest absolute Gasteiger partial charge is 0.124 e. The Bertz CT molecular complexity index is 450. The number of hydrogen-bond donors (Lipinski definition) is 2. The van der Waals surface area contributed by atoms with Crippen LogP contribution in [0.3, 0.4) is 0 Å². The number of benzene rings is 1. The molecule has 3 N–H and O–H groups in total. The van der Waals surface area contributed by atoms with E-state index in [0.717, 1.165) is 12.1 Å². The second-order valence-electron chi connectivity index (χ2n) is 4.66. The Morgan fingerprint density at radius 2 is 2.33 bits per heavy atom. The summed E-state index contributed by atoms with van der Waals surface area (Å²) in [5.74, 6) is -0.454. The van der Waals surface area contributed by atoms with E-state index in [2.05, 4.69) is 11.8 Å². The fourth-order valence-electron chi connectivity index (χ4n) is 2.13. The SMILES string of the molecule is CC1COCCN1Cc1cc(F)cc(C(=N)N)c1. The van der Waals surface area contributed by atoms with Crippen molar-refractivity contribution in [3.8, 4) is 0 Å². The third-order valence-electron chi connectivity index (χ3n) is 3.16. The highest BCUT2D eigenvalue weighted by atomic mass is 19.1. The van der Waals surface area contributed by atoms with Gasteiger partial charge >= 0.3 is 0 Å². The Hall–Kier alpha value is -1.46. The van der Waals surface area contributed by atoms with Gasteiger partial charge in [0.2, 0.25) is 0 Å². The molecule has 98 valence electrons. The fraction of sp³-hybridized carbons (Fsp3) is 0.462. The maximum atomic E-state index is 13.4. The van der Waals surface area contributed by atoms with Crippen molar-refractivity contribution in [3.05, 3.63) is 35.1 Å². The molecule has 4 nitrogen and oxygen atoms in total.